The number of esters is 3. The molecule has 0 aliphatic heterocycles. The summed E-state index contributed by atoms with van der Waals surface area (Å²) in [5.41, 5.74) is 0. The van der Waals surface area contributed by atoms with Gasteiger partial charge in [-0.25, -0.2) is 0 Å². The molecule has 0 aromatic carbocycles. The van der Waals surface area contributed by atoms with E-state index in [0.717, 1.165) is 64.2 Å². The molecule has 6 heteroatoms. The van der Waals surface area contributed by atoms with Crippen LogP contribution in [0.4, 0.5) is 0 Å². The van der Waals surface area contributed by atoms with Crippen molar-refractivity contribution in [2.75, 3.05) is 13.2 Å². The molecule has 0 aliphatic carbocycles. The molecule has 43 heavy (non-hydrogen) atoms. The molecule has 0 N–H and O–H groups in total. The van der Waals surface area contributed by atoms with Crippen LogP contribution in [0, 0.1) is 0 Å². The highest BCUT2D eigenvalue weighted by Gasteiger charge is 2.19. The third-order valence-corrected chi connectivity index (χ3v) is 8.11. The van der Waals surface area contributed by atoms with E-state index in [1.165, 1.54) is 96.3 Å². The van der Waals surface area contributed by atoms with E-state index in [2.05, 4.69) is 20.8 Å². The second-order valence-electron chi connectivity index (χ2n) is 12.5. The van der Waals surface area contributed by atoms with Crippen molar-refractivity contribution in [3.05, 3.63) is 0 Å². The van der Waals surface area contributed by atoms with E-state index in [4.69, 9.17) is 14.2 Å². The zero-order valence-electron chi connectivity index (χ0n) is 28.7. The largest absolute Gasteiger partial charge is 0.462 e. The Morgan fingerprint density at radius 2 is 0.628 bits per heavy atom. The first kappa shape index (κ1) is 41.4. The van der Waals surface area contributed by atoms with Crippen molar-refractivity contribution < 1.29 is 28.6 Å². The van der Waals surface area contributed by atoms with Crippen molar-refractivity contribution >= 4 is 17.9 Å². The number of carbonyl (C=O) groups is 3. The van der Waals surface area contributed by atoms with Crippen molar-refractivity contribution in [1.82, 2.24) is 0 Å². The van der Waals surface area contributed by atoms with Gasteiger partial charge in [0.2, 0.25) is 0 Å². The van der Waals surface area contributed by atoms with Crippen LogP contribution >= 0.6 is 0 Å². The van der Waals surface area contributed by atoms with E-state index in [9.17, 15) is 14.4 Å². The normalized spacial score (nSPS) is 11.8. The van der Waals surface area contributed by atoms with Crippen LogP contribution in [0.15, 0.2) is 0 Å². The van der Waals surface area contributed by atoms with Gasteiger partial charge in [0, 0.05) is 19.3 Å². The Morgan fingerprint density at radius 1 is 0.372 bits per heavy atom. The van der Waals surface area contributed by atoms with Gasteiger partial charge >= 0.3 is 17.9 Å². The number of rotatable bonds is 33. The fraction of sp³-hybridized carbons (Fsp3) is 0.919. The quantitative estimate of drug-likeness (QED) is 0.0418. The van der Waals surface area contributed by atoms with Gasteiger partial charge in [-0.1, -0.05) is 162 Å². The Hall–Kier alpha value is -1.59. The highest BCUT2D eigenvalue weighted by Crippen LogP contribution is 2.14. The molecule has 1 unspecified atom stereocenters. The van der Waals surface area contributed by atoms with Crippen molar-refractivity contribution in [1.29, 1.82) is 0 Å². The minimum Gasteiger partial charge on any atom is -0.462 e. The van der Waals surface area contributed by atoms with Crippen molar-refractivity contribution in [3.8, 4) is 0 Å². The average Bonchev–Trinajstić information content (AvgIpc) is 3.00. The Bertz CT molecular complexity index is 635. The summed E-state index contributed by atoms with van der Waals surface area (Å²) >= 11 is 0. The molecule has 1 atom stereocenters. The average molecular weight is 611 g/mol. The molecule has 0 aromatic rings. The molecule has 0 radical (unpaired) electrons. The number of ether oxygens (including phenoxy) is 3. The fourth-order valence-corrected chi connectivity index (χ4v) is 5.26. The number of unbranched alkanes of at least 4 members (excludes halogenated alkanes) is 22. The highest BCUT2D eigenvalue weighted by atomic mass is 16.6. The lowest BCUT2D eigenvalue weighted by Gasteiger charge is -2.18. The maximum Gasteiger partial charge on any atom is 0.306 e. The lowest BCUT2D eigenvalue weighted by atomic mass is 10.0. The molecule has 0 saturated carbocycles. The summed E-state index contributed by atoms with van der Waals surface area (Å²) in [5, 5.41) is 0. The summed E-state index contributed by atoms with van der Waals surface area (Å²) in [4.78, 5) is 37.0. The molecule has 254 valence electrons. The Balaban J connectivity index is 4.21. The first-order valence-corrected chi connectivity index (χ1v) is 18.5. The summed E-state index contributed by atoms with van der Waals surface area (Å²) < 4.78 is 16.4. The summed E-state index contributed by atoms with van der Waals surface area (Å²) in [7, 11) is 0. The zero-order valence-corrected chi connectivity index (χ0v) is 28.7. The van der Waals surface area contributed by atoms with Crippen LogP contribution in [0.5, 0.6) is 0 Å². The smallest absolute Gasteiger partial charge is 0.306 e. The van der Waals surface area contributed by atoms with Crippen LogP contribution < -0.4 is 0 Å². The molecule has 0 amide bonds. The molecule has 0 aromatic heterocycles. The number of carbonyl (C=O) groups excluding carboxylic acids is 3. The minimum atomic E-state index is -0.753. The first-order chi connectivity index (χ1) is 21.0. The Labute approximate surface area is 266 Å². The number of hydrogen-bond donors (Lipinski definition) is 0. The van der Waals surface area contributed by atoms with Gasteiger partial charge in [0.05, 0.1) is 0 Å². The van der Waals surface area contributed by atoms with Crippen molar-refractivity contribution in [3.63, 3.8) is 0 Å². The first-order valence-electron chi connectivity index (χ1n) is 18.5. The molecule has 0 fully saturated rings. The molecule has 0 bridgehead atoms. The molecular formula is C37H70O6. The predicted molar refractivity (Wildman–Crippen MR) is 178 cm³/mol. The lowest BCUT2D eigenvalue weighted by molar-refractivity contribution is -0.167. The highest BCUT2D eigenvalue weighted by molar-refractivity contribution is 5.71. The van der Waals surface area contributed by atoms with Gasteiger partial charge in [-0.3, -0.25) is 14.4 Å². The lowest BCUT2D eigenvalue weighted by Crippen LogP contribution is -2.30. The predicted octanol–water partition coefficient (Wildman–Crippen LogP) is 11.0. The van der Waals surface area contributed by atoms with E-state index >= 15 is 0 Å². The Morgan fingerprint density at radius 3 is 0.930 bits per heavy atom. The van der Waals surface area contributed by atoms with E-state index in [-0.39, 0.29) is 31.1 Å². The summed E-state index contributed by atoms with van der Waals surface area (Å²) in [5.74, 6) is -0.886. The van der Waals surface area contributed by atoms with E-state index in [1.807, 2.05) is 0 Å². The van der Waals surface area contributed by atoms with Crippen LogP contribution in [0.25, 0.3) is 0 Å². The second-order valence-corrected chi connectivity index (χ2v) is 12.5. The standard InChI is InChI=1S/C37H70O6/c1-4-7-10-13-15-16-17-18-19-20-22-24-27-30-36(39)42-33-34(32-41-35(38)29-26-23-12-9-6-3)43-37(40)31-28-25-21-14-11-8-5-2/h34H,4-33H2,1-3H3. The van der Waals surface area contributed by atoms with Gasteiger partial charge in [0.25, 0.3) is 0 Å². The topological polar surface area (TPSA) is 78.9 Å². The summed E-state index contributed by atoms with van der Waals surface area (Å²) in [6.45, 7) is 6.49. The molecule has 0 saturated heterocycles. The van der Waals surface area contributed by atoms with E-state index < -0.39 is 6.10 Å². The van der Waals surface area contributed by atoms with Crippen LogP contribution in [-0.2, 0) is 28.6 Å². The van der Waals surface area contributed by atoms with E-state index in [1.54, 1.807) is 0 Å². The van der Waals surface area contributed by atoms with Crippen LogP contribution in [0.2, 0.25) is 0 Å². The van der Waals surface area contributed by atoms with Gasteiger partial charge in [0.1, 0.15) is 13.2 Å². The molecule has 0 rings (SSSR count). The minimum absolute atomic E-state index is 0.0657. The molecular weight excluding hydrogens is 540 g/mol. The van der Waals surface area contributed by atoms with Gasteiger partial charge < -0.3 is 14.2 Å². The third-order valence-electron chi connectivity index (χ3n) is 8.11. The van der Waals surface area contributed by atoms with E-state index in [0.29, 0.717) is 19.3 Å². The van der Waals surface area contributed by atoms with Crippen molar-refractivity contribution in [2.45, 2.75) is 207 Å². The summed E-state index contributed by atoms with van der Waals surface area (Å²) in [6, 6.07) is 0. The van der Waals surface area contributed by atoms with Gasteiger partial charge in [-0.05, 0) is 19.3 Å². The van der Waals surface area contributed by atoms with Gasteiger partial charge in [-0.15, -0.1) is 0 Å². The maximum absolute atomic E-state index is 12.5. The second kappa shape index (κ2) is 33.3. The molecule has 0 spiro atoms. The molecule has 0 aliphatic rings. The van der Waals surface area contributed by atoms with Gasteiger partial charge in [0.15, 0.2) is 6.10 Å². The maximum atomic E-state index is 12.5. The van der Waals surface area contributed by atoms with Crippen molar-refractivity contribution in [2.24, 2.45) is 0 Å². The van der Waals surface area contributed by atoms with Crippen LogP contribution in [0.3, 0.4) is 0 Å². The SMILES string of the molecule is CCCCCCCCCCCCCCCC(=O)OCC(COC(=O)CCCCCCC)OC(=O)CCCCCCCCC. The third kappa shape index (κ3) is 31.6. The van der Waals surface area contributed by atoms with Crippen LogP contribution in [0.1, 0.15) is 201 Å². The van der Waals surface area contributed by atoms with Crippen LogP contribution in [-0.4, -0.2) is 37.2 Å². The van der Waals surface area contributed by atoms with Gasteiger partial charge in [-0.2, -0.15) is 0 Å². The Kier molecular flexibility index (Phi) is 32.1. The monoisotopic (exact) mass is 611 g/mol. The summed E-state index contributed by atoms with van der Waals surface area (Å²) in [6.07, 6.45) is 29.8. The molecule has 6 nitrogen and oxygen atoms in total. The number of hydrogen-bond acceptors (Lipinski definition) is 6. The fourth-order valence-electron chi connectivity index (χ4n) is 5.26. The molecule has 0 heterocycles. The zero-order chi connectivity index (χ0) is 31.6.